The van der Waals surface area contributed by atoms with Gasteiger partial charge < -0.3 is 4.98 Å². The summed E-state index contributed by atoms with van der Waals surface area (Å²) in [5.74, 6) is 1.09. The fourth-order valence-corrected chi connectivity index (χ4v) is 2.52. The number of rotatable bonds is 7. The number of nitrogens with zero attached hydrogens (tertiary/aromatic N) is 2. The van der Waals surface area contributed by atoms with E-state index < -0.39 is 0 Å². The maximum atomic E-state index is 4.70. The first-order valence-corrected chi connectivity index (χ1v) is 7.46. The highest BCUT2D eigenvalue weighted by molar-refractivity contribution is 5.75. The zero-order chi connectivity index (χ0) is 13.7. The van der Waals surface area contributed by atoms with Gasteiger partial charge in [-0.05, 0) is 50.0 Å². The molecular weight excluding hydrogens is 234 g/mol. The van der Waals surface area contributed by atoms with Crippen molar-refractivity contribution in [2.24, 2.45) is 0 Å². The Kier molecular flexibility index (Phi) is 4.97. The molecule has 1 aromatic heterocycles. The van der Waals surface area contributed by atoms with Crippen LogP contribution >= 0.6 is 0 Å². The Morgan fingerprint density at radius 2 is 1.84 bits per heavy atom. The number of H-pyrrole nitrogens is 1. The minimum Gasteiger partial charge on any atom is -0.341 e. The van der Waals surface area contributed by atoms with Gasteiger partial charge in [0.15, 0.2) is 0 Å². The van der Waals surface area contributed by atoms with E-state index in [0.29, 0.717) is 0 Å². The van der Waals surface area contributed by atoms with Crippen LogP contribution in [0.25, 0.3) is 11.0 Å². The molecule has 0 aliphatic heterocycles. The van der Waals surface area contributed by atoms with Gasteiger partial charge in [-0.3, -0.25) is 4.90 Å². The van der Waals surface area contributed by atoms with E-state index in [2.05, 4.69) is 48.9 Å². The molecule has 3 nitrogen and oxygen atoms in total. The predicted molar refractivity (Wildman–Crippen MR) is 81.3 cm³/mol. The topological polar surface area (TPSA) is 31.9 Å². The summed E-state index contributed by atoms with van der Waals surface area (Å²) in [5, 5.41) is 0. The van der Waals surface area contributed by atoms with Crippen LogP contribution in [0, 0.1) is 0 Å². The minimum atomic E-state index is 0.928. The van der Waals surface area contributed by atoms with Crippen LogP contribution in [0.1, 0.15) is 45.0 Å². The van der Waals surface area contributed by atoms with Gasteiger partial charge in [0.25, 0.3) is 0 Å². The summed E-state index contributed by atoms with van der Waals surface area (Å²) in [6.45, 7) is 9.86. The van der Waals surface area contributed by atoms with E-state index in [1.54, 1.807) is 0 Å². The molecular formula is C16H25N3. The molecule has 0 radical (unpaired) electrons. The van der Waals surface area contributed by atoms with E-state index in [1.165, 1.54) is 23.9 Å². The van der Waals surface area contributed by atoms with Crippen LogP contribution < -0.4 is 0 Å². The smallest absolute Gasteiger partial charge is 0.121 e. The molecule has 0 saturated carbocycles. The molecule has 0 amide bonds. The number of fused-ring (bicyclic) bond motifs is 1. The maximum Gasteiger partial charge on any atom is 0.121 e. The second-order valence-electron chi connectivity index (χ2n) is 5.16. The van der Waals surface area contributed by atoms with Crippen molar-refractivity contribution in [3.05, 3.63) is 29.6 Å². The Hall–Kier alpha value is -1.35. The van der Waals surface area contributed by atoms with Crippen molar-refractivity contribution in [1.29, 1.82) is 0 Å². The average Bonchev–Trinajstić information content (AvgIpc) is 2.80. The Morgan fingerprint density at radius 1 is 1.11 bits per heavy atom. The number of nitrogens with one attached hydrogen (secondary N) is 1. The lowest BCUT2D eigenvalue weighted by Crippen LogP contribution is -2.25. The zero-order valence-corrected chi connectivity index (χ0v) is 12.4. The first-order valence-electron chi connectivity index (χ1n) is 7.46. The van der Waals surface area contributed by atoms with Crippen LogP contribution in [-0.4, -0.2) is 28.0 Å². The molecule has 3 heteroatoms. The fourth-order valence-electron chi connectivity index (χ4n) is 2.52. The summed E-state index contributed by atoms with van der Waals surface area (Å²) in [4.78, 5) is 10.6. The Labute approximate surface area is 116 Å². The van der Waals surface area contributed by atoms with E-state index in [4.69, 9.17) is 4.98 Å². The highest BCUT2D eigenvalue weighted by Crippen LogP contribution is 2.15. The van der Waals surface area contributed by atoms with E-state index in [9.17, 15) is 0 Å². The second kappa shape index (κ2) is 6.71. The van der Waals surface area contributed by atoms with E-state index >= 15 is 0 Å². The molecule has 0 unspecified atom stereocenters. The van der Waals surface area contributed by atoms with Gasteiger partial charge in [0.2, 0.25) is 0 Å². The Balaban J connectivity index is 2.15. The molecule has 0 spiro atoms. The molecule has 2 rings (SSSR count). The van der Waals surface area contributed by atoms with E-state index in [0.717, 1.165) is 37.4 Å². The number of aromatic nitrogens is 2. The third-order valence-electron chi connectivity index (χ3n) is 3.46. The van der Waals surface area contributed by atoms with Crippen LogP contribution in [0.2, 0.25) is 0 Å². The van der Waals surface area contributed by atoms with Crippen molar-refractivity contribution in [3.63, 3.8) is 0 Å². The van der Waals surface area contributed by atoms with Gasteiger partial charge in [-0.2, -0.15) is 0 Å². The summed E-state index contributed by atoms with van der Waals surface area (Å²) in [7, 11) is 0. The molecule has 0 bridgehead atoms. The average molecular weight is 259 g/mol. The Bertz CT molecular complexity index is 510. The van der Waals surface area contributed by atoms with Crippen LogP contribution in [0.5, 0.6) is 0 Å². The lowest BCUT2D eigenvalue weighted by atomic mass is 10.1. The van der Waals surface area contributed by atoms with Crippen LogP contribution in [0.15, 0.2) is 18.2 Å². The zero-order valence-electron chi connectivity index (χ0n) is 12.4. The summed E-state index contributed by atoms with van der Waals surface area (Å²) >= 11 is 0. The molecule has 0 atom stereocenters. The number of imidazole rings is 1. The van der Waals surface area contributed by atoms with Crippen molar-refractivity contribution < 1.29 is 0 Å². The summed E-state index contributed by atoms with van der Waals surface area (Å²) in [5.41, 5.74) is 3.61. The molecule has 104 valence electrons. The first-order chi connectivity index (χ1) is 9.26. The van der Waals surface area contributed by atoms with E-state index in [1.807, 2.05) is 0 Å². The molecule has 1 N–H and O–H groups in total. The molecule has 0 aliphatic carbocycles. The Morgan fingerprint density at radius 3 is 2.47 bits per heavy atom. The molecule has 0 aliphatic rings. The normalized spacial score (nSPS) is 11.6. The highest BCUT2D eigenvalue weighted by Gasteiger charge is 2.08. The van der Waals surface area contributed by atoms with Crippen LogP contribution in [0.3, 0.4) is 0 Å². The van der Waals surface area contributed by atoms with Gasteiger partial charge in [0.05, 0.1) is 17.6 Å². The summed E-state index contributed by atoms with van der Waals surface area (Å²) < 4.78 is 0. The third kappa shape index (κ3) is 3.57. The lowest BCUT2D eigenvalue weighted by Gasteiger charge is -2.19. The fraction of sp³-hybridized carbons (Fsp3) is 0.562. The van der Waals surface area contributed by atoms with Crippen LogP contribution in [-0.2, 0) is 13.0 Å². The van der Waals surface area contributed by atoms with Gasteiger partial charge in [0.1, 0.15) is 5.82 Å². The summed E-state index contributed by atoms with van der Waals surface area (Å²) in [6, 6.07) is 6.51. The largest absolute Gasteiger partial charge is 0.341 e. The van der Waals surface area contributed by atoms with Crippen molar-refractivity contribution >= 4 is 11.0 Å². The molecule has 0 saturated heterocycles. The van der Waals surface area contributed by atoms with Crippen molar-refractivity contribution in [2.45, 2.75) is 46.6 Å². The molecule has 2 aromatic rings. The quantitative estimate of drug-likeness (QED) is 0.821. The van der Waals surface area contributed by atoms with E-state index in [-0.39, 0.29) is 0 Å². The maximum absolute atomic E-state index is 4.70. The van der Waals surface area contributed by atoms with Crippen molar-refractivity contribution in [2.75, 3.05) is 13.1 Å². The lowest BCUT2D eigenvalue weighted by molar-refractivity contribution is 0.261. The molecule has 0 fully saturated rings. The van der Waals surface area contributed by atoms with Gasteiger partial charge in [0, 0.05) is 0 Å². The number of benzene rings is 1. The number of hydrogen-bond donors (Lipinski definition) is 1. The number of aromatic amines is 1. The molecule has 1 aromatic carbocycles. The third-order valence-corrected chi connectivity index (χ3v) is 3.46. The SMILES string of the molecule is CCCN(CCC)Cc1nc2ccc(CC)cc2[nH]1. The monoisotopic (exact) mass is 259 g/mol. The predicted octanol–water partition coefficient (Wildman–Crippen LogP) is 3.75. The number of hydrogen-bond acceptors (Lipinski definition) is 2. The van der Waals surface area contributed by atoms with Crippen LogP contribution in [0.4, 0.5) is 0 Å². The van der Waals surface area contributed by atoms with Crippen molar-refractivity contribution in [1.82, 2.24) is 14.9 Å². The standard InChI is InChI=1S/C16H25N3/c1-4-9-19(10-5-2)12-16-17-14-8-7-13(6-3)11-15(14)18-16/h7-8,11H,4-6,9-10,12H2,1-3H3,(H,17,18). The van der Waals surface area contributed by atoms with Crippen molar-refractivity contribution in [3.8, 4) is 0 Å². The minimum absolute atomic E-state index is 0.928. The van der Waals surface area contributed by atoms with Gasteiger partial charge >= 0.3 is 0 Å². The van der Waals surface area contributed by atoms with Gasteiger partial charge in [-0.15, -0.1) is 0 Å². The molecule has 19 heavy (non-hydrogen) atoms. The molecule has 1 heterocycles. The second-order valence-corrected chi connectivity index (χ2v) is 5.16. The number of aryl methyl sites for hydroxylation is 1. The summed E-state index contributed by atoms with van der Waals surface area (Å²) in [6.07, 6.45) is 3.46. The first kappa shape index (κ1) is 14.1. The van der Waals surface area contributed by atoms with Gasteiger partial charge in [-0.25, -0.2) is 4.98 Å². The highest BCUT2D eigenvalue weighted by atomic mass is 15.1. The van der Waals surface area contributed by atoms with Gasteiger partial charge in [-0.1, -0.05) is 26.8 Å².